The van der Waals surface area contributed by atoms with E-state index in [-0.39, 0.29) is 6.10 Å². The SMILES string of the molecule is CC(C)(C)Cc1cncn1CC1CNCCO1. The van der Waals surface area contributed by atoms with E-state index in [1.54, 1.807) is 0 Å². The summed E-state index contributed by atoms with van der Waals surface area (Å²) in [5, 5.41) is 3.36. The maximum atomic E-state index is 5.73. The fourth-order valence-corrected chi connectivity index (χ4v) is 2.16. The van der Waals surface area contributed by atoms with Gasteiger partial charge in [-0.2, -0.15) is 0 Å². The molecule has 0 amide bonds. The van der Waals surface area contributed by atoms with Crippen molar-refractivity contribution in [2.24, 2.45) is 5.41 Å². The molecule has 0 saturated carbocycles. The first-order valence-corrected chi connectivity index (χ1v) is 6.36. The second kappa shape index (κ2) is 5.19. The summed E-state index contributed by atoms with van der Waals surface area (Å²) in [5.74, 6) is 0. The maximum Gasteiger partial charge on any atom is 0.0949 e. The Morgan fingerprint density at radius 1 is 1.53 bits per heavy atom. The minimum Gasteiger partial charge on any atom is -0.374 e. The molecule has 0 bridgehead atoms. The highest BCUT2D eigenvalue weighted by Crippen LogP contribution is 2.20. The molecule has 4 heteroatoms. The minimum atomic E-state index is 0.275. The lowest BCUT2D eigenvalue weighted by molar-refractivity contribution is 0.0176. The molecule has 1 aromatic rings. The second-order valence-corrected chi connectivity index (χ2v) is 5.97. The van der Waals surface area contributed by atoms with Crippen LogP contribution in [0.15, 0.2) is 12.5 Å². The molecule has 0 aromatic carbocycles. The van der Waals surface area contributed by atoms with Gasteiger partial charge in [-0.3, -0.25) is 0 Å². The first-order valence-electron chi connectivity index (χ1n) is 6.36. The highest BCUT2D eigenvalue weighted by atomic mass is 16.5. The quantitative estimate of drug-likeness (QED) is 0.865. The largest absolute Gasteiger partial charge is 0.374 e. The van der Waals surface area contributed by atoms with Gasteiger partial charge in [-0.25, -0.2) is 4.98 Å². The van der Waals surface area contributed by atoms with Crippen molar-refractivity contribution in [1.29, 1.82) is 0 Å². The second-order valence-electron chi connectivity index (χ2n) is 5.97. The van der Waals surface area contributed by atoms with Crippen molar-refractivity contribution in [1.82, 2.24) is 14.9 Å². The number of nitrogens with zero attached hydrogens (tertiary/aromatic N) is 2. The topological polar surface area (TPSA) is 39.1 Å². The molecule has 96 valence electrons. The Balaban J connectivity index is 1.98. The maximum absolute atomic E-state index is 5.73. The molecule has 0 aliphatic carbocycles. The molecule has 1 aromatic heterocycles. The molecule has 1 saturated heterocycles. The Hall–Kier alpha value is -0.870. The number of hydrogen-bond acceptors (Lipinski definition) is 3. The van der Waals surface area contributed by atoms with E-state index in [1.165, 1.54) is 5.69 Å². The van der Waals surface area contributed by atoms with Gasteiger partial charge in [0.15, 0.2) is 0 Å². The zero-order valence-electron chi connectivity index (χ0n) is 11.1. The number of hydrogen-bond donors (Lipinski definition) is 1. The van der Waals surface area contributed by atoms with Crippen molar-refractivity contribution in [2.75, 3.05) is 19.7 Å². The van der Waals surface area contributed by atoms with Crippen LogP contribution < -0.4 is 5.32 Å². The number of aromatic nitrogens is 2. The predicted molar refractivity (Wildman–Crippen MR) is 68.0 cm³/mol. The molecule has 1 aliphatic heterocycles. The van der Waals surface area contributed by atoms with Gasteiger partial charge in [0.05, 0.1) is 25.6 Å². The van der Waals surface area contributed by atoms with Gasteiger partial charge in [-0.1, -0.05) is 20.8 Å². The fourth-order valence-electron chi connectivity index (χ4n) is 2.16. The number of morpholine rings is 1. The average Bonchev–Trinajstić information content (AvgIpc) is 2.65. The zero-order chi connectivity index (χ0) is 12.3. The van der Waals surface area contributed by atoms with Crippen molar-refractivity contribution in [3.8, 4) is 0 Å². The van der Waals surface area contributed by atoms with Crippen molar-refractivity contribution < 1.29 is 4.74 Å². The van der Waals surface area contributed by atoms with Crippen LogP contribution in [-0.2, 0) is 17.7 Å². The first-order chi connectivity index (χ1) is 8.04. The number of rotatable bonds is 3. The Morgan fingerprint density at radius 3 is 3.00 bits per heavy atom. The van der Waals surface area contributed by atoms with Gasteiger partial charge < -0.3 is 14.6 Å². The Bertz CT molecular complexity index is 348. The van der Waals surface area contributed by atoms with Crippen molar-refractivity contribution in [3.63, 3.8) is 0 Å². The monoisotopic (exact) mass is 237 g/mol. The lowest BCUT2D eigenvalue weighted by Gasteiger charge is -2.25. The molecule has 17 heavy (non-hydrogen) atoms. The van der Waals surface area contributed by atoms with Crippen LogP contribution in [0.25, 0.3) is 0 Å². The summed E-state index contributed by atoms with van der Waals surface area (Å²) >= 11 is 0. The summed E-state index contributed by atoms with van der Waals surface area (Å²) in [6, 6.07) is 0. The van der Waals surface area contributed by atoms with Crippen LogP contribution in [0.2, 0.25) is 0 Å². The minimum absolute atomic E-state index is 0.275. The summed E-state index contributed by atoms with van der Waals surface area (Å²) < 4.78 is 7.95. The summed E-state index contributed by atoms with van der Waals surface area (Å²) in [5.41, 5.74) is 1.59. The predicted octanol–water partition coefficient (Wildman–Crippen LogP) is 1.46. The Morgan fingerprint density at radius 2 is 2.35 bits per heavy atom. The third-order valence-corrected chi connectivity index (χ3v) is 2.91. The number of ether oxygens (including phenoxy) is 1. The Kier molecular flexibility index (Phi) is 3.84. The van der Waals surface area contributed by atoms with Crippen molar-refractivity contribution >= 4 is 0 Å². The van der Waals surface area contributed by atoms with E-state index in [1.807, 2.05) is 12.5 Å². The van der Waals surface area contributed by atoms with E-state index in [9.17, 15) is 0 Å². The third kappa shape index (κ3) is 3.82. The number of imidazole rings is 1. The molecule has 1 fully saturated rings. The lowest BCUT2D eigenvalue weighted by Crippen LogP contribution is -2.40. The Labute approximate surface area is 103 Å². The van der Waals surface area contributed by atoms with E-state index in [4.69, 9.17) is 4.74 Å². The van der Waals surface area contributed by atoms with Crippen molar-refractivity contribution in [3.05, 3.63) is 18.2 Å². The lowest BCUT2D eigenvalue weighted by atomic mass is 9.91. The van der Waals surface area contributed by atoms with E-state index < -0.39 is 0 Å². The third-order valence-electron chi connectivity index (χ3n) is 2.91. The zero-order valence-corrected chi connectivity index (χ0v) is 11.1. The highest BCUT2D eigenvalue weighted by molar-refractivity contribution is 5.01. The molecule has 0 radical (unpaired) electrons. The summed E-state index contributed by atoms with van der Waals surface area (Å²) in [6.07, 6.45) is 5.21. The molecule has 1 aliphatic rings. The van der Waals surface area contributed by atoms with Crippen LogP contribution in [0.3, 0.4) is 0 Å². The van der Waals surface area contributed by atoms with Crippen LogP contribution in [0, 0.1) is 5.41 Å². The van der Waals surface area contributed by atoms with Gasteiger partial charge >= 0.3 is 0 Å². The number of nitrogens with one attached hydrogen (secondary N) is 1. The van der Waals surface area contributed by atoms with Gasteiger partial charge in [0.2, 0.25) is 0 Å². The molecule has 2 rings (SSSR count). The molecule has 1 N–H and O–H groups in total. The summed E-state index contributed by atoms with van der Waals surface area (Å²) in [4.78, 5) is 4.26. The van der Waals surface area contributed by atoms with Gasteiger partial charge in [-0.15, -0.1) is 0 Å². The molecule has 2 heterocycles. The van der Waals surface area contributed by atoms with E-state index in [0.29, 0.717) is 5.41 Å². The molecule has 1 atom stereocenters. The highest BCUT2D eigenvalue weighted by Gasteiger charge is 2.18. The molecule has 1 unspecified atom stereocenters. The molecule has 0 spiro atoms. The fraction of sp³-hybridized carbons (Fsp3) is 0.769. The van der Waals surface area contributed by atoms with Gasteiger partial charge in [-0.05, 0) is 11.8 Å². The van der Waals surface area contributed by atoms with Crippen molar-refractivity contribution in [2.45, 2.75) is 39.8 Å². The normalized spacial score (nSPS) is 21.7. The molecular weight excluding hydrogens is 214 g/mol. The summed E-state index contributed by atoms with van der Waals surface area (Å²) in [6.45, 7) is 10.4. The van der Waals surface area contributed by atoms with E-state index in [2.05, 4.69) is 35.6 Å². The van der Waals surface area contributed by atoms with E-state index >= 15 is 0 Å². The molecule has 4 nitrogen and oxygen atoms in total. The van der Waals surface area contributed by atoms with Crippen LogP contribution in [0.5, 0.6) is 0 Å². The average molecular weight is 237 g/mol. The van der Waals surface area contributed by atoms with Gasteiger partial charge in [0.25, 0.3) is 0 Å². The van der Waals surface area contributed by atoms with E-state index in [0.717, 1.165) is 32.7 Å². The standard InChI is InChI=1S/C13H23N3O/c1-13(2,3)6-11-7-15-10-16(11)9-12-8-14-4-5-17-12/h7,10,12,14H,4-6,8-9H2,1-3H3. The first kappa shape index (κ1) is 12.6. The van der Waals surface area contributed by atoms with Crippen LogP contribution >= 0.6 is 0 Å². The van der Waals surface area contributed by atoms with Gasteiger partial charge in [0.1, 0.15) is 0 Å². The van der Waals surface area contributed by atoms with Crippen LogP contribution in [0.1, 0.15) is 26.5 Å². The van der Waals surface area contributed by atoms with Gasteiger partial charge in [0, 0.05) is 25.0 Å². The molecular formula is C13H23N3O. The van der Waals surface area contributed by atoms with Crippen LogP contribution in [-0.4, -0.2) is 35.4 Å². The smallest absolute Gasteiger partial charge is 0.0949 e. The van der Waals surface area contributed by atoms with Crippen LogP contribution in [0.4, 0.5) is 0 Å². The summed E-state index contributed by atoms with van der Waals surface area (Å²) in [7, 11) is 0.